The second kappa shape index (κ2) is 6.75. The number of nitrogen functional groups attached to an aromatic ring is 1. The maximum absolute atomic E-state index is 12.9. The van der Waals surface area contributed by atoms with Gasteiger partial charge < -0.3 is 10.5 Å². The van der Waals surface area contributed by atoms with Crippen LogP contribution in [0.25, 0.3) is 16.9 Å². The monoisotopic (exact) mass is 344 g/mol. The van der Waals surface area contributed by atoms with Crippen LogP contribution in [-0.2, 0) is 0 Å². The fraction of sp³-hybridized carbons (Fsp3) is 0.0556. The van der Waals surface area contributed by atoms with Crippen molar-refractivity contribution >= 4 is 5.82 Å². The zero-order valence-electron chi connectivity index (χ0n) is 13.7. The summed E-state index contributed by atoms with van der Waals surface area (Å²) >= 11 is 0. The zero-order valence-corrected chi connectivity index (χ0v) is 13.7. The summed E-state index contributed by atoms with van der Waals surface area (Å²) in [5, 5.41) is 19.2. The molecule has 26 heavy (non-hydrogen) atoms. The van der Waals surface area contributed by atoms with Crippen molar-refractivity contribution in [1.29, 1.82) is 10.5 Å². The number of nitrogens with two attached hydrogens (primary N) is 1. The van der Waals surface area contributed by atoms with Gasteiger partial charge in [0.15, 0.2) is 5.82 Å². The van der Waals surface area contributed by atoms with Crippen molar-refractivity contribution in [1.82, 2.24) is 14.5 Å². The van der Waals surface area contributed by atoms with Gasteiger partial charge in [0.25, 0.3) is 5.56 Å². The Hall–Kier alpha value is -4.17. The van der Waals surface area contributed by atoms with Crippen LogP contribution in [-0.4, -0.2) is 21.6 Å². The standard InChI is InChI=1S/C18H12N6O2/c1-26-12-4-2-11(3-5-12)16-13(8-19)17(21)24(18(25)14(16)9-20)15-10-22-6-7-23-15/h2-7,10H,21H2,1H3. The first-order valence-corrected chi connectivity index (χ1v) is 7.41. The summed E-state index contributed by atoms with van der Waals surface area (Å²) in [6.45, 7) is 0. The molecule has 0 unspecified atom stereocenters. The molecule has 0 radical (unpaired) electrons. The Bertz CT molecular complexity index is 1110. The van der Waals surface area contributed by atoms with E-state index >= 15 is 0 Å². The highest BCUT2D eigenvalue weighted by Gasteiger charge is 2.23. The first-order valence-electron chi connectivity index (χ1n) is 7.41. The summed E-state index contributed by atoms with van der Waals surface area (Å²) in [6.07, 6.45) is 4.15. The van der Waals surface area contributed by atoms with Crippen LogP contribution in [0, 0.1) is 22.7 Å². The quantitative estimate of drug-likeness (QED) is 0.764. The van der Waals surface area contributed by atoms with Gasteiger partial charge in [-0.15, -0.1) is 0 Å². The van der Waals surface area contributed by atoms with E-state index in [2.05, 4.69) is 9.97 Å². The smallest absolute Gasteiger partial charge is 0.276 e. The molecule has 0 aliphatic rings. The number of nitriles is 2. The lowest BCUT2D eigenvalue weighted by molar-refractivity contribution is 0.415. The molecule has 0 saturated heterocycles. The van der Waals surface area contributed by atoms with Gasteiger partial charge >= 0.3 is 0 Å². The van der Waals surface area contributed by atoms with Crippen molar-refractivity contribution in [2.24, 2.45) is 0 Å². The average molecular weight is 344 g/mol. The number of hydrogen-bond acceptors (Lipinski definition) is 7. The Kier molecular flexibility index (Phi) is 4.33. The van der Waals surface area contributed by atoms with Crippen LogP contribution in [0.2, 0.25) is 0 Å². The normalized spacial score (nSPS) is 9.96. The first-order chi connectivity index (χ1) is 12.6. The minimum atomic E-state index is -0.671. The first kappa shape index (κ1) is 16.7. The third-order valence-corrected chi connectivity index (χ3v) is 3.79. The van der Waals surface area contributed by atoms with Crippen molar-refractivity contribution in [2.75, 3.05) is 12.8 Å². The maximum Gasteiger partial charge on any atom is 0.276 e. The lowest BCUT2D eigenvalue weighted by Gasteiger charge is -2.15. The predicted molar refractivity (Wildman–Crippen MR) is 93.5 cm³/mol. The van der Waals surface area contributed by atoms with E-state index in [1.807, 2.05) is 12.1 Å². The van der Waals surface area contributed by atoms with E-state index in [-0.39, 0.29) is 28.3 Å². The molecule has 3 rings (SSSR count). The highest BCUT2D eigenvalue weighted by molar-refractivity contribution is 5.81. The zero-order chi connectivity index (χ0) is 18.7. The van der Waals surface area contributed by atoms with Gasteiger partial charge in [0.1, 0.15) is 34.8 Å². The molecule has 0 amide bonds. The maximum atomic E-state index is 12.9. The molecule has 0 saturated carbocycles. The molecule has 2 aromatic heterocycles. The lowest BCUT2D eigenvalue weighted by Crippen LogP contribution is -2.27. The number of rotatable bonds is 3. The SMILES string of the molecule is COc1ccc(-c2c(C#N)c(N)n(-c3cnccn3)c(=O)c2C#N)cc1. The van der Waals surface area contributed by atoms with Gasteiger partial charge in [-0.25, -0.2) is 9.55 Å². The van der Waals surface area contributed by atoms with Crippen molar-refractivity contribution < 1.29 is 4.74 Å². The van der Waals surface area contributed by atoms with Gasteiger partial charge in [0, 0.05) is 18.0 Å². The van der Waals surface area contributed by atoms with Crippen LogP contribution in [0.5, 0.6) is 5.75 Å². The van der Waals surface area contributed by atoms with Gasteiger partial charge in [-0.3, -0.25) is 9.78 Å². The summed E-state index contributed by atoms with van der Waals surface area (Å²) in [7, 11) is 1.52. The molecular formula is C18H12N6O2. The number of aromatic nitrogens is 3. The molecule has 0 fully saturated rings. The van der Waals surface area contributed by atoms with Gasteiger partial charge in [0.2, 0.25) is 0 Å². The summed E-state index contributed by atoms with van der Waals surface area (Å²) in [6, 6.07) is 10.5. The molecule has 0 atom stereocenters. The van der Waals surface area contributed by atoms with Gasteiger partial charge in [-0.1, -0.05) is 12.1 Å². The van der Waals surface area contributed by atoms with Gasteiger partial charge in [-0.2, -0.15) is 10.5 Å². The topological polar surface area (TPSA) is 131 Å². The fourth-order valence-electron chi connectivity index (χ4n) is 2.59. The van der Waals surface area contributed by atoms with E-state index in [9.17, 15) is 15.3 Å². The second-order valence-electron chi connectivity index (χ2n) is 5.17. The van der Waals surface area contributed by atoms with Gasteiger partial charge in [-0.05, 0) is 17.7 Å². The molecule has 3 aromatic rings. The molecule has 0 aliphatic carbocycles. The van der Waals surface area contributed by atoms with Crippen LogP contribution in [0.4, 0.5) is 5.82 Å². The molecule has 8 nitrogen and oxygen atoms in total. The molecular weight excluding hydrogens is 332 g/mol. The minimum Gasteiger partial charge on any atom is -0.497 e. The summed E-state index contributed by atoms with van der Waals surface area (Å²) in [5.74, 6) is 0.624. The molecule has 1 aromatic carbocycles. The Morgan fingerprint density at radius 3 is 2.35 bits per heavy atom. The average Bonchev–Trinajstić information content (AvgIpc) is 2.68. The van der Waals surface area contributed by atoms with E-state index in [0.29, 0.717) is 11.3 Å². The predicted octanol–water partition coefficient (Wildman–Crippen LogP) is 1.63. The van der Waals surface area contributed by atoms with Crippen molar-refractivity contribution in [3.05, 3.63) is 64.3 Å². The van der Waals surface area contributed by atoms with Crippen LogP contribution < -0.4 is 16.0 Å². The molecule has 2 N–H and O–H groups in total. The van der Waals surface area contributed by atoms with E-state index < -0.39 is 5.56 Å². The minimum absolute atomic E-state index is 0.0111. The van der Waals surface area contributed by atoms with Crippen LogP contribution in [0.15, 0.2) is 47.7 Å². The fourth-order valence-corrected chi connectivity index (χ4v) is 2.59. The molecule has 0 spiro atoms. The Morgan fingerprint density at radius 2 is 1.81 bits per heavy atom. The molecule has 126 valence electrons. The van der Waals surface area contributed by atoms with Crippen molar-refractivity contribution in [2.45, 2.75) is 0 Å². The third kappa shape index (κ3) is 2.62. The number of methoxy groups -OCH3 is 1. The second-order valence-corrected chi connectivity index (χ2v) is 5.17. The highest BCUT2D eigenvalue weighted by Crippen LogP contribution is 2.31. The van der Waals surface area contributed by atoms with E-state index in [1.165, 1.54) is 25.7 Å². The molecule has 2 heterocycles. The van der Waals surface area contributed by atoms with Crippen LogP contribution in [0.3, 0.4) is 0 Å². The number of benzene rings is 1. The number of nitrogens with zero attached hydrogens (tertiary/aromatic N) is 5. The van der Waals surface area contributed by atoms with E-state index in [4.69, 9.17) is 10.5 Å². The largest absolute Gasteiger partial charge is 0.497 e. The lowest BCUT2D eigenvalue weighted by atomic mass is 9.96. The summed E-state index contributed by atoms with van der Waals surface area (Å²) < 4.78 is 6.12. The summed E-state index contributed by atoms with van der Waals surface area (Å²) in [4.78, 5) is 20.8. The van der Waals surface area contributed by atoms with Crippen molar-refractivity contribution in [3.63, 3.8) is 0 Å². The number of ether oxygens (including phenoxy) is 1. The Balaban J connectivity index is 2.39. The third-order valence-electron chi connectivity index (χ3n) is 3.79. The number of anilines is 1. The Labute approximate surface area is 148 Å². The number of hydrogen-bond donors (Lipinski definition) is 1. The molecule has 0 aliphatic heterocycles. The molecule has 0 bridgehead atoms. The summed E-state index contributed by atoms with van der Waals surface area (Å²) in [5.41, 5.74) is 5.91. The van der Waals surface area contributed by atoms with Gasteiger partial charge in [0.05, 0.1) is 13.3 Å². The van der Waals surface area contributed by atoms with E-state index in [1.54, 1.807) is 24.3 Å². The van der Waals surface area contributed by atoms with Crippen molar-refractivity contribution in [3.8, 4) is 34.8 Å². The Morgan fingerprint density at radius 1 is 1.12 bits per heavy atom. The highest BCUT2D eigenvalue weighted by atomic mass is 16.5. The number of pyridine rings is 1. The van der Waals surface area contributed by atoms with Crippen LogP contribution >= 0.6 is 0 Å². The molecule has 8 heteroatoms. The van der Waals surface area contributed by atoms with E-state index in [0.717, 1.165) is 4.57 Å². The van der Waals surface area contributed by atoms with Crippen LogP contribution in [0.1, 0.15) is 11.1 Å².